The number of likely N-dealkylation sites (N-methyl/N-ethyl adjacent to an activating group) is 1. The maximum Gasteiger partial charge on any atom is 0.0869 e. The Kier molecular flexibility index (Phi) is 6.86. The van der Waals surface area contributed by atoms with Crippen LogP contribution in [0.5, 0.6) is 0 Å². The molecule has 0 aromatic heterocycles. The third-order valence-corrected chi connectivity index (χ3v) is 4.74. The van der Waals surface area contributed by atoms with Gasteiger partial charge >= 0.3 is 0 Å². The van der Waals surface area contributed by atoms with Crippen LogP contribution in [0.1, 0.15) is 25.3 Å². The number of aliphatic hydroxyl groups is 1. The number of rotatable bonds is 7. The van der Waals surface area contributed by atoms with E-state index in [0.29, 0.717) is 19.1 Å². The summed E-state index contributed by atoms with van der Waals surface area (Å²) in [6.45, 7) is 6.26. The van der Waals surface area contributed by atoms with E-state index in [-0.39, 0.29) is 0 Å². The van der Waals surface area contributed by atoms with E-state index in [2.05, 4.69) is 16.3 Å². The van der Waals surface area contributed by atoms with Crippen LogP contribution in [0.3, 0.4) is 0 Å². The van der Waals surface area contributed by atoms with Crippen molar-refractivity contribution in [2.75, 3.05) is 40.3 Å². The topological polar surface area (TPSA) is 38.7 Å². The molecule has 0 aliphatic carbocycles. The van der Waals surface area contributed by atoms with Gasteiger partial charge in [-0.1, -0.05) is 29.8 Å². The molecule has 1 aromatic carbocycles. The summed E-state index contributed by atoms with van der Waals surface area (Å²) in [5.41, 5.74) is 0.521. The summed E-state index contributed by atoms with van der Waals surface area (Å²) in [5.74, 6) is 0. The van der Waals surface area contributed by atoms with Gasteiger partial charge in [0, 0.05) is 30.7 Å². The van der Waals surface area contributed by atoms with Gasteiger partial charge in [0.25, 0.3) is 0 Å². The van der Waals surface area contributed by atoms with E-state index in [1.54, 1.807) is 0 Å². The van der Waals surface area contributed by atoms with E-state index in [9.17, 15) is 5.11 Å². The highest BCUT2D eigenvalue weighted by Gasteiger charge is 2.25. The molecule has 1 atom stereocenters. The van der Waals surface area contributed by atoms with E-state index in [0.717, 1.165) is 37.5 Å². The van der Waals surface area contributed by atoms with Crippen LogP contribution in [-0.2, 0) is 6.54 Å². The summed E-state index contributed by atoms with van der Waals surface area (Å²) < 4.78 is 0. The standard InChI is InChI=1S/C18H30ClN3O/c1-18(23,14-21(2)3)13-20-16-8-10-22(11-9-16)12-15-6-4-5-7-17(15)19/h4-7,16,20,23H,8-14H2,1-3H3. The lowest BCUT2D eigenvalue weighted by Gasteiger charge is -2.35. The fourth-order valence-electron chi connectivity index (χ4n) is 3.26. The van der Waals surface area contributed by atoms with Crippen molar-refractivity contribution < 1.29 is 5.11 Å². The number of halogens is 1. The van der Waals surface area contributed by atoms with Gasteiger partial charge in [-0.05, 0) is 58.6 Å². The van der Waals surface area contributed by atoms with Gasteiger partial charge < -0.3 is 15.3 Å². The van der Waals surface area contributed by atoms with Crippen molar-refractivity contribution in [1.29, 1.82) is 0 Å². The van der Waals surface area contributed by atoms with Crippen LogP contribution in [0, 0.1) is 0 Å². The first-order valence-corrected chi connectivity index (χ1v) is 8.80. The zero-order valence-corrected chi connectivity index (χ0v) is 15.3. The molecule has 5 heteroatoms. The summed E-state index contributed by atoms with van der Waals surface area (Å²) in [7, 11) is 3.98. The molecule has 1 unspecified atom stereocenters. The Balaban J connectivity index is 1.73. The molecular weight excluding hydrogens is 310 g/mol. The number of piperidine rings is 1. The van der Waals surface area contributed by atoms with Crippen LogP contribution in [0.4, 0.5) is 0 Å². The first-order valence-electron chi connectivity index (χ1n) is 8.42. The molecule has 1 aromatic rings. The van der Waals surface area contributed by atoms with Gasteiger partial charge in [-0.3, -0.25) is 4.90 Å². The summed E-state index contributed by atoms with van der Waals surface area (Å²) in [6.07, 6.45) is 2.23. The minimum atomic E-state index is -0.682. The van der Waals surface area contributed by atoms with Crippen LogP contribution in [0.2, 0.25) is 5.02 Å². The maximum absolute atomic E-state index is 10.4. The molecule has 0 amide bonds. The van der Waals surface area contributed by atoms with Crippen molar-refractivity contribution in [2.45, 2.75) is 38.0 Å². The molecule has 1 saturated heterocycles. The predicted octanol–water partition coefficient (Wildman–Crippen LogP) is 2.21. The number of hydrogen-bond acceptors (Lipinski definition) is 4. The van der Waals surface area contributed by atoms with Crippen LogP contribution in [-0.4, -0.2) is 66.8 Å². The van der Waals surface area contributed by atoms with Crippen molar-refractivity contribution in [1.82, 2.24) is 15.1 Å². The molecule has 1 aliphatic heterocycles. The van der Waals surface area contributed by atoms with Gasteiger partial charge in [0.1, 0.15) is 0 Å². The average Bonchev–Trinajstić information content (AvgIpc) is 2.48. The Morgan fingerprint density at radius 3 is 2.57 bits per heavy atom. The second-order valence-electron chi connectivity index (χ2n) is 7.26. The van der Waals surface area contributed by atoms with Crippen molar-refractivity contribution >= 4 is 11.6 Å². The van der Waals surface area contributed by atoms with Crippen molar-refractivity contribution in [3.63, 3.8) is 0 Å². The quantitative estimate of drug-likeness (QED) is 0.799. The lowest BCUT2D eigenvalue weighted by molar-refractivity contribution is 0.0287. The number of nitrogens with one attached hydrogen (secondary N) is 1. The molecule has 2 N–H and O–H groups in total. The van der Waals surface area contributed by atoms with Gasteiger partial charge in [0.15, 0.2) is 0 Å². The molecule has 23 heavy (non-hydrogen) atoms. The Bertz CT molecular complexity index is 485. The summed E-state index contributed by atoms with van der Waals surface area (Å²) in [5, 5.41) is 14.8. The van der Waals surface area contributed by atoms with E-state index in [4.69, 9.17) is 11.6 Å². The van der Waals surface area contributed by atoms with Crippen LogP contribution in [0.15, 0.2) is 24.3 Å². The van der Waals surface area contributed by atoms with Gasteiger partial charge in [0.2, 0.25) is 0 Å². The van der Waals surface area contributed by atoms with Gasteiger partial charge in [-0.2, -0.15) is 0 Å². The zero-order valence-electron chi connectivity index (χ0n) is 14.6. The first kappa shape index (κ1) is 18.7. The predicted molar refractivity (Wildman–Crippen MR) is 96.9 cm³/mol. The number of benzene rings is 1. The Hall–Kier alpha value is -0.650. The highest BCUT2D eigenvalue weighted by Crippen LogP contribution is 2.20. The lowest BCUT2D eigenvalue weighted by atomic mass is 10.0. The van der Waals surface area contributed by atoms with E-state index >= 15 is 0 Å². The molecule has 4 nitrogen and oxygen atoms in total. The lowest BCUT2D eigenvalue weighted by Crippen LogP contribution is -2.50. The summed E-state index contributed by atoms with van der Waals surface area (Å²) in [4.78, 5) is 4.48. The fraction of sp³-hybridized carbons (Fsp3) is 0.667. The number of likely N-dealkylation sites (tertiary alicyclic amines) is 1. The number of nitrogens with zero attached hydrogens (tertiary/aromatic N) is 2. The Morgan fingerprint density at radius 1 is 1.30 bits per heavy atom. The third kappa shape index (κ3) is 6.40. The third-order valence-electron chi connectivity index (χ3n) is 4.37. The molecular formula is C18H30ClN3O. The normalized spacial score (nSPS) is 19.9. The number of hydrogen-bond donors (Lipinski definition) is 2. The second kappa shape index (κ2) is 8.45. The van der Waals surface area contributed by atoms with Crippen LogP contribution >= 0.6 is 11.6 Å². The highest BCUT2D eigenvalue weighted by atomic mass is 35.5. The van der Waals surface area contributed by atoms with Gasteiger partial charge in [-0.15, -0.1) is 0 Å². The first-order chi connectivity index (χ1) is 10.9. The van der Waals surface area contributed by atoms with Gasteiger partial charge in [0.05, 0.1) is 5.60 Å². The largest absolute Gasteiger partial charge is 0.388 e. The molecule has 1 heterocycles. The van der Waals surface area contributed by atoms with Crippen molar-refractivity contribution in [2.24, 2.45) is 0 Å². The second-order valence-corrected chi connectivity index (χ2v) is 7.66. The van der Waals surface area contributed by atoms with E-state index in [1.165, 1.54) is 5.56 Å². The molecule has 130 valence electrons. The fourth-order valence-corrected chi connectivity index (χ4v) is 3.46. The monoisotopic (exact) mass is 339 g/mol. The van der Waals surface area contributed by atoms with Gasteiger partial charge in [-0.25, -0.2) is 0 Å². The smallest absolute Gasteiger partial charge is 0.0869 e. The molecule has 0 radical (unpaired) electrons. The van der Waals surface area contributed by atoms with Crippen molar-refractivity contribution in [3.05, 3.63) is 34.9 Å². The minimum absolute atomic E-state index is 0.492. The molecule has 0 bridgehead atoms. The van der Waals surface area contributed by atoms with E-state index < -0.39 is 5.60 Å². The average molecular weight is 340 g/mol. The molecule has 0 spiro atoms. The summed E-state index contributed by atoms with van der Waals surface area (Å²) in [6, 6.07) is 8.57. The Morgan fingerprint density at radius 2 is 1.96 bits per heavy atom. The molecule has 1 aliphatic rings. The van der Waals surface area contributed by atoms with Crippen LogP contribution in [0.25, 0.3) is 0 Å². The molecule has 0 saturated carbocycles. The maximum atomic E-state index is 10.4. The summed E-state index contributed by atoms with van der Waals surface area (Å²) >= 11 is 6.24. The van der Waals surface area contributed by atoms with E-state index in [1.807, 2.05) is 44.1 Å². The van der Waals surface area contributed by atoms with Crippen LogP contribution < -0.4 is 5.32 Å². The molecule has 1 fully saturated rings. The Labute approximate surface area is 145 Å². The SMILES string of the molecule is CN(C)CC(C)(O)CNC1CCN(Cc2ccccc2Cl)CC1. The molecule has 2 rings (SSSR count). The zero-order chi connectivity index (χ0) is 16.9. The highest BCUT2D eigenvalue weighted by molar-refractivity contribution is 6.31. The minimum Gasteiger partial charge on any atom is -0.388 e. The van der Waals surface area contributed by atoms with Crippen molar-refractivity contribution in [3.8, 4) is 0 Å².